The molecule has 0 unspecified atom stereocenters. The first-order valence-corrected chi connectivity index (χ1v) is 11.5. The van der Waals surface area contributed by atoms with Gasteiger partial charge in [-0.2, -0.15) is 0 Å². The maximum atomic E-state index is 13.0. The molecular weight excluding hydrogens is 428 g/mol. The molecule has 34 heavy (non-hydrogen) atoms. The topological polar surface area (TPSA) is 86.1 Å². The van der Waals surface area contributed by atoms with Gasteiger partial charge in [-0.05, 0) is 68.1 Å². The molecule has 0 spiro atoms. The molecule has 0 aliphatic heterocycles. The van der Waals surface area contributed by atoms with Crippen LogP contribution in [0, 0.1) is 13.8 Å². The summed E-state index contributed by atoms with van der Waals surface area (Å²) in [6.07, 6.45) is 4.13. The van der Waals surface area contributed by atoms with Crippen molar-refractivity contribution in [3.63, 3.8) is 0 Å². The number of hydrogen-bond acceptors (Lipinski definition) is 5. The summed E-state index contributed by atoms with van der Waals surface area (Å²) in [6.45, 7) is 4.08. The number of nitrogens with zero attached hydrogens (tertiary/aromatic N) is 3. The molecule has 5 rings (SSSR count). The molecule has 0 radical (unpaired) electrons. The SMILES string of the molecule is Cc1ccc(Oc2ccc(NC(=O)CCc3nc4ccccc4c(=O)n3C3CC3)cn2)cc1C. The van der Waals surface area contributed by atoms with Crippen molar-refractivity contribution in [2.45, 2.75) is 45.6 Å². The largest absolute Gasteiger partial charge is 0.439 e. The molecule has 2 aromatic heterocycles. The van der Waals surface area contributed by atoms with Gasteiger partial charge in [-0.15, -0.1) is 0 Å². The number of ether oxygens (including phenoxy) is 1. The Balaban J connectivity index is 1.24. The summed E-state index contributed by atoms with van der Waals surface area (Å²) in [5.41, 5.74) is 3.58. The number of carbonyl (C=O) groups excluding carboxylic acids is 1. The van der Waals surface area contributed by atoms with Crippen molar-refractivity contribution in [2.24, 2.45) is 0 Å². The lowest BCUT2D eigenvalue weighted by Gasteiger charge is -2.13. The second-order valence-electron chi connectivity index (χ2n) is 8.73. The molecule has 0 bridgehead atoms. The van der Waals surface area contributed by atoms with E-state index in [9.17, 15) is 9.59 Å². The molecule has 2 aromatic carbocycles. The predicted molar refractivity (Wildman–Crippen MR) is 131 cm³/mol. The fourth-order valence-corrected chi connectivity index (χ4v) is 3.94. The van der Waals surface area contributed by atoms with Gasteiger partial charge in [-0.3, -0.25) is 14.2 Å². The van der Waals surface area contributed by atoms with Crippen molar-refractivity contribution >= 4 is 22.5 Å². The van der Waals surface area contributed by atoms with Crippen LogP contribution >= 0.6 is 0 Å². The van der Waals surface area contributed by atoms with Crippen molar-refractivity contribution in [1.82, 2.24) is 14.5 Å². The fourth-order valence-electron chi connectivity index (χ4n) is 3.94. The zero-order chi connectivity index (χ0) is 23.7. The summed E-state index contributed by atoms with van der Waals surface area (Å²) in [5, 5.41) is 3.49. The summed E-state index contributed by atoms with van der Waals surface area (Å²) in [6, 6.07) is 16.9. The number of rotatable bonds is 7. The lowest BCUT2D eigenvalue weighted by atomic mass is 10.1. The van der Waals surface area contributed by atoms with E-state index in [4.69, 9.17) is 9.72 Å². The maximum absolute atomic E-state index is 13.0. The van der Waals surface area contributed by atoms with Gasteiger partial charge in [0.25, 0.3) is 5.56 Å². The number of carbonyl (C=O) groups is 1. The highest BCUT2D eigenvalue weighted by Gasteiger charge is 2.28. The summed E-state index contributed by atoms with van der Waals surface area (Å²) >= 11 is 0. The Kier molecular flexibility index (Phi) is 5.84. The Morgan fingerprint density at radius 1 is 1.09 bits per heavy atom. The monoisotopic (exact) mass is 454 g/mol. The van der Waals surface area contributed by atoms with Gasteiger partial charge >= 0.3 is 0 Å². The third kappa shape index (κ3) is 4.69. The predicted octanol–water partition coefficient (Wildman–Crippen LogP) is 5.11. The van der Waals surface area contributed by atoms with Gasteiger partial charge in [0.15, 0.2) is 0 Å². The fraction of sp³-hybridized carbons (Fsp3) is 0.259. The molecule has 0 atom stereocenters. The molecule has 1 saturated carbocycles. The Morgan fingerprint density at radius 2 is 1.91 bits per heavy atom. The number of para-hydroxylation sites is 1. The van der Waals surface area contributed by atoms with Gasteiger partial charge in [-0.25, -0.2) is 9.97 Å². The maximum Gasteiger partial charge on any atom is 0.261 e. The lowest BCUT2D eigenvalue weighted by Crippen LogP contribution is -2.25. The number of fused-ring (bicyclic) bond motifs is 1. The third-order valence-corrected chi connectivity index (χ3v) is 6.09. The summed E-state index contributed by atoms with van der Waals surface area (Å²) in [4.78, 5) is 34.5. The number of hydrogen-bond donors (Lipinski definition) is 1. The van der Waals surface area contributed by atoms with Crippen LogP contribution in [0.15, 0.2) is 65.6 Å². The molecule has 7 nitrogen and oxygen atoms in total. The zero-order valence-electron chi connectivity index (χ0n) is 19.2. The van der Waals surface area contributed by atoms with Crippen LogP contribution in [-0.4, -0.2) is 20.4 Å². The highest BCUT2D eigenvalue weighted by atomic mass is 16.5. The number of amides is 1. The highest BCUT2D eigenvalue weighted by Crippen LogP contribution is 2.35. The number of aryl methyl sites for hydroxylation is 3. The van der Waals surface area contributed by atoms with Crippen LogP contribution in [0.1, 0.15) is 42.3 Å². The van der Waals surface area contributed by atoms with Crippen LogP contribution < -0.4 is 15.6 Å². The van der Waals surface area contributed by atoms with Crippen LogP contribution in [0.4, 0.5) is 5.69 Å². The zero-order valence-corrected chi connectivity index (χ0v) is 19.2. The molecule has 2 heterocycles. The molecule has 1 fully saturated rings. The van der Waals surface area contributed by atoms with Crippen molar-refractivity contribution in [3.8, 4) is 11.6 Å². The molecule has 1 aliphatic carbocycles. The first-order valence-electron chi connectivity index (χ1n) is 11.5. The Morgan fingerprint density at radius 3 is 2.65 bits per heavy atom. The highest BCUT2D eigenvalue weighted by molar-refractivity contribution is 5.90. The van der Waals surface area contributed by atoms with E-state index in [1.165, 1.54) is 5.56 Å². The summed E-state index contributed by atoms with van der Waals surface area (Å²) in [7, 11) is 0. The van der Waals surface area contributed by atoms with Gasteiger partial charge in [0.1, 0.15) is 11.6 Å². The minimum absolute atomic E-state index is 0.0212. The number of anilines is 1. The number of benzene rings is 2. The van der Waals surface area contributed by atoms with Gasteiger partial charge in [-0.1, -0.05) is 18.2 Å². The number of nitrogens with one attached hydrogen (secondary N) is 1. The molecule has 1 amide bonds. The van der Waals surface area contributed by atoms with Crippen molar-refractivity contribution < 1.29 is 9.53 Å². The average Bonchev–Trinajstić information content (AvgIpc) is 3.67. The van der Waals surface area contributed by atoms with Gasteiger partial charge in [0.05, 0.1) is 22.8 Å². The molecule has 1 N–H and O–H groups in total. The van der Waals surface area contributed by atoms with E-state index in [-0.39, 0.29) is 23.9 Å². The molecule has 172 valence electrons. The van der Waals surface area contributed by atoms with Crippen LogP contribution in [0.25, 0.3) is 10.9 Å². The Labute approximate surface area is 197 Å². The van der Waals surface area contributed by atoms with Crippen LogP contribution in [0.2, 0.25) is 0 Å². The molecule has 4 aromatic rings. The van der Waals surface area contributed by atoms with Crippen molar-refractivity contribution in [3.05, 3.63) is 88.1 Å². The second kappa shape index (κ2) is 9.09. The quantitative estimate of drug-likeness (QED) is 0.420. The van der Waals surface area contributed by atoms with E-state index < -0.39 is 0 Å². The summed E-state index contributed by atoms with van der Waals surface area (Å²) in [5.74, 6) is 1.68. The number of aromatic nitrogens is 3. The van der Waals surface area contributed by atoms with E-state index in [1.54, 1.807) is 29.0 Å². The average molecular weight is 455 g/mol. The standard InChI is InChI=1S/C27H26N4O3/c1-17-7-11-21(15-18(17)2)34-26-14-8-19(16-28-26)29-25(32)13-12-24-30-23-6-4-3-5-22(23)27(33)31(24)20-9-10-20/h3-8,11,14-16,20H,9-10,12-13H2,1-2H3,(H,29,32). The van der Waals surface area contributed by atoms with E-state index in [0.29, 0.717) is 34.7 Å². The van der Waals surface area contributed by atoms with E-state index >= 15 is 0 Å². The lowest BCUT2D eigenvalue weighted by molar-refractivity contribution is -0.116. The van der Waals surface area contributed by atoms with Crippen molar-refractivity contribution in [1.29, 1.82) is 0 Å². The van der Waals surface area contributed by atoms with Crippen molar-refractivity contribution in [2.75, 3.05) is 5.32 Å². The Bertz CT molecular complexity index is 1420. The van der Waals surface area contributed by atoms with Crippen LogP contribution in [-0.2, 0) is 11.2 Å². The van der Waals surface area contributed by atoms with E-state index in [0.717, 1.165) is 24.2 Å². The van der Waals surface area contributed by atoms with Gasteiger partial charge < -0.3 is 10.1 Å². The molecular formula is C27H26N4O3. The number of pyridine rings is 1. The molecule has 7 heteroatoms. The second-order valence-corrected chi connectivity index (χ2v) is 8.73. The smallest absolute Gasteiger partial charge is 0.261 e. The van der Waals surface area contributed by atoms with Gasteiger partial charge in [0.2, 0.25) is 11.8 Å². The summed E-state index contributed by atoms with van der Waals surface area (Å²) < 4.78 is 7.58. The minimum atomic E-state index is -0.158. The normalized spacial score (nSPS) is 13.1. The third-order valence-electron chi connectivity index (χ3n) is 6.09. The first kappa shape index (κ1) is 21.8. The van der Waals surface area contributed by atoms with Gasteiger partial charge in [0, 0.05) is 24.9 Å². The minimum Gasteiger partial charge on any atom is -0.439 e. The molecule has 0 saturated heterocycles. The first-order chi connectivity index (χ1) is 16.5. The van der Waals surface area contributed by atoms with Crippen LogP contribution in [0.3, 0.4) is 0 Å². The van der Waals surface area contributed by atoms with E-state index in [2.05, 4.69) is 17.2 Å². The van der Waals surface area contributed by atoms with E-state index in [1.807, 2.05) is 43.3 Å². The molecule has 1 aliphatic rings. The Hall–Kier alpha value is -4.00. The van der Waals surface area contributed by atoms with Crippen LogP contribution in [0.5, 0.6) is 11.6 Å².